The largest absolute Gasteiger partial charge is 0.424 e. The van der Waals surface area contributed by atoms with Crippen LogP contribution in [0.15, 0.2) is 58.1 Å². The molecule has 0 amide bonds. The molecule has 0 aliphatic carbocycles. The number of aromatic nitrogens is 4. The second-order valence-corrected chi connectivity index (χ2v) is 7.95. The number of benzene rings is 2. The first kappa shape index (κ1) is 22.1. The third kappa shape index (κ3) is 4.04. The van der Waals surface area contributed by atoms with Gasteiger partial charge in [-0.25, -0.2) is 4.79 Å². The van der Waals surface area contributed by atoms with Gasteiger partial charge < -0.3 is 9.84 Å². The predicted molar refractivity (Wildman–Crippen MR) is 123 cm³/mol. The van der Waals surface area contributed by atoms with E-state index in [1.165, 1.54) is 11.6 Å². The summed E-state index contributed by atoms with van der Waals surface area (Å²) in [6.45, 7) is 0.224. The molecule has 0 bridgehead atoms. The summed E-state index contributed by atoms with van der Waals surface area (Å²) >= 11 is 12.4. The van der Waals surface area contributed by atoms with E-state index >= 15 is 0 Å². The van der Waals surface area contributed by atoms with Crippen LogP contribution >= 0.6 is 23.2 Å². The van der Waals surface area contributed by atoms with Gasteiger partial charge in [0.25, 0.3) is 5.56 Å². The van der Waals surface area contributed by atoms with Crippen molar-refractivity contribution in [3.8, 4) is 11.8 Å². The number of rotatable bonds is 7. The van der Waals surface area contributed by atoms with Gasteiger partial charge in [-0.2, -0.15) is 4.98 Å². The van der Waals surface area contributed by atoms with Gasteiger partial charge >= 0.3 is 11.7 Å². The molecule has 0 spiro atoms. The van der Waals surface area contributed by atoms with Crippen molar-refractivity contribution < 1.29 is 9.84 Å². The average molecular weight is 475 g/mol. The molecule has 0 saturated heterocycles. The van der Waals surface area contributed by atoms with E-state index < -0.39 is 11.2 Å². The number of imidazole rings is 1. The van der Waals surface area contributed by atoms with E-state index in [1.54, 1.807) is 22.8 Å². The summed E-state index contributed by atoms with van der Waals surface area (Å²) in [5.41, 5.74) is 0.273. The molecule has 4 aromatic rings. The first-order valence-electron chi connectivity index (χ1n) is 9.89. The number of fused-ring (bicyclic) bond motifs is 1. The number of aliphatic hydroxyl groups is 1. The highest BCUT2D eigenvalue weighted by atomic mass is 35.5. The third-order valence-corrected chi connectivity index (χ3v) is 5.84. The molecule has 0 aliphatic rings. The molecule has 1 N–H and O–H groups in total. The number of ether oxygens (including phenoxy) is 1. The van der Waals surface area contributed by atoms with Crippen molar-refractivity contribution in [3.05, 3.63) is 85.0 Å². The van der Waals surface area contributed by atoms with Crippen molar-refractivity contribution in [1.82, 2.24) is 18.7 Å². The fourth-order valence-electron chi connectivity index (χ4n) is 3.43. The fourth-order valence-corrected chi connectivity index (χ4v) is 3.76. The molecule has 2 aromatic heterocycles. The lowest BCUT2D eigenvalue weighted by atomic mass is 10.2. The summed E-state index contributed by atoms with van der Waals surface area (Å²) in [7, 11) is 1.54. The van der Waals surface area contributed by atoms with Crippen LogP contribution in [-0.4, -0.2) is 30.4 Å². The molecule has 2 aromatic carbocycles. The number of nitrogens with zero attached hydrogens (tertiary/aromatic N) is 4. The Hall–Kier alpha value is -3.07. The van der Waals surface area contributed by atoms with Crippen molar-refractivity contribution in [2.75, 3.05) is 6.61 Å². The average Bonchev–Trinajstić information content (AvgIpc) is 3.14. The van der Waals surface area contributed by atoms with Crippen LogP contribution in [0.5, 0.6) is 11.8 Å². The Morgan fingerprint density at radius 2 is 1.78 bits per heavy atom. The quantitative estimate of drug-likeness (QED) is 0.442. The Bertz CT molecular complexity index is 1390. The monoisotopic (exact) mass is 474 g/mol. The Morgan fingerprint density at radius 1 is 1.03 bits per heavy atom. The van der Waals surface area contributed by atoms with Crippen LogP contribution in [-0.2, 0) is 20.1 Å². The van der Waals surface area contributed by atoms with Gasteiger partial charge in [0, 0.05) is 20.2 Å². The minimum absolute atomic E-state index is 0.0881. The van der Waals surface area contributed by atoms with Crippen molar-refractivity contribution in [2.24, 2.45) is 7.05 Å². The second-order valence-electron chi connectivity index (χ2n) is 7.17. The molecule has 4 rings (SSSR count). The van der Waals surface area contributed by atoms with Gasteiger partial charge in [-0.3, -0.25) is 18.5 Å². The molecule has 0 aliphatic heterocycles. The van der Waals surface area contributed by atoms with Crippen molar-refractivity contribution >= 4 is 34.4 Å². The van der Waals surface area contributed by atoms with E-state index in [0.717, 1.165) is 10.1 Å². The van der Waals surface area contributed by atoms with Crippen LogP contribution in [0.1, 0.15) is 12.0 Å². The van der Waals surface area contributed by atoms with Crippen LogP contribution in [0.25, 0.3) is 11.2 Å². The first-order valence-corrected chi connectivity index (χ1v) is 10.6. The first-order chi connectivity index (χ1) is 15.4. The molecule has 0 saturated carbocycles. The van der Waals surface area contributed by atoms with Gasteiger partial charge in [-0.1, -0.05) is 59.6 Å². The van der Waals surface area contributed by atoms with E-state index in [-0.39, 0.29) is 54.1 Å². The van der Waals surface area contributed by atoms with Gasteiger partial charge in [-0.05, 0) is 24.1 Å². The zero-order valence-corrected chi connectivity index (χ0v) is 18.7. The van der Waals surface area contributed by atoms with Crippen molar-refractivity contribution in [2.45, 2.75) is 19.5 Å². The molecule has 8 nitrogen and oxygen atoms in total. The lowest BCUT2D eigenvalue weighted by Gasteiger charge is -2.12. The molecular weight excluding hydrogens is 455 g/mol. The zero-order chi connectivity index (χ0) is 22.8. The number of aliphatic hydroxyl groups excluding tert-OH is 1. The summed E-state index contributed by atoms with van der Waals surface area (Å²) in [6.07, 6.45) is 0.273. The Labute approximate surface area is 192 Å². The van der Waals surface area contributed by atoms with Crippen LogP contribution in [0, 0.1) is 0 Å². The Kier molecular flexibility index (Phi) is 6.36. The van der Waals surface area contributed by atoms with Crippen molar-refractivity contribution in [1.29, 1.82) is 0 Å². The lowest BCUT2D eigenvalue weighted by molar-refractivity contribution is 0.277. The van der Waals surface area contributed by atoms with Crippen LogP contribution in [0.2, 0.25) is 10.0 Å². The summed E-state index contributed by atoms with van der Waals surface area (Å²) in [5, 5.41) is 9.70. The molecule has 0 atom stereocenters. The number of hydrogen-bond acceptors (Lipinski definition) is 5. The third-order valence-electron chi connectivity index (χ3n) is 5.04. The van der Waals surface area contributed by atoms with Crippen LogP contribution in [0.4, 0.5) is 0 Å². The highest BCUT2D eigenvalue weighted by molar-refractivity contribution is 6.42. The van der Waals surface area contributed by atoms with Gasteiger partial charge in [0.2, 0.25) is 0 Å². The summed E-state index contributed by atoms with van der Waals surface area (Å²) in [4.78, 5) is 30.5. The Balaban J connectivity index is 1.96. The molecule has 2 heterocycles. The van der Waals surface area contributed by atoms with Gasteiger partial charge in [0.1, 0.15) is 5.02 Å². The van der Waals surface area contributed by atoms with E-state index in [2.05, 4.69) is 4.98 Å². The number of aryl methyl sites for hydroxylation is 1. The Morgan fingerprint density at radius 3 is 2.50 bits per heavy atom. The summed E-state index contributed by atoms with van der Waals surface area (Å²) < 4.78 is 9.98. The van der Waals surface area contributed by atoms with Gasteiger partial charge in [0.05, 0.1) is 11.6 Å². The minimum Gasteiger partial charge on any atom is -0.424 e. The van der Waals surface area contributed by atoms with Crippen LogP contribution < -0.4 is 16.0 Å². The molecule has 0 fully saturated rings. The SMILES string of the molecule is Cn1c(=O)n(CCCO)c(=O)c2c1nc(Oc1cccc(Cl)c1Cl)n2Cc1ccccc1. The second kappa shape index (κ2) is 9.20. The topological polar surface area (TPSA) is 91.3 Å². The molecule has 32 heavy (non-hydrogen) atoms. The highest BCUT2D eigenvalue weighted by Gasteiger charge is 2.22. The predicted octanol–water partition coefficient (Wildman–Crippen LogP) is 3.43. The van der Waals surface area contributed by atoms with Gasteiger partial charge in [0.15, 0.2) is 16.9 Å². The molecular formula is C22H20Cl2N4O4. The van der Waals surface area contributed by atoms with Crippen molar-refractivity contribution in [3.63, 3.8) is 0 Å². The maximum absolute atomic E-state index is 13.3. The van der Waals surface area contributed by atoms with E-state index in [9.17, 15) is 14.7 Å². The standard InChI is InChI=1S/C22H20Cl2N4O4/c1-26-19-18(20(30)27(22(26)31)11-6-12-29)28(13-14-7-3-2-4-8-14)21(25-19)32-16-10-5-9-15(23)17(16)24/h2-5,7-10,29H,6,11-13H2,1H3. The van der Waals surface area contributed by atoms with E-state index in [4.69, 9.17) is 27.9 Å². The maximum Gasteiger partial charge on any atom is 0.332 e. The molecule has 0 unspecified atom stereocenters. The lowest BCUT2D eigenvalue weighted by Crippen LogP contribution is -2.39. The molecule has 10 heteroatoms. The highest BCUT2D eigenvalue weighted by Crippen LogP contribution is 2.35. The van der Waals surface area contributed by atoms with E-state index in [1.807, 2.05) is 30.3 Å². The molecule has 166 valence electrons. The van der Waals surface area contributed by atoms with Gasteiger partial charge in [-0.15, -0.1) is 0 Å². The zero-order valence-electron chi connectivity index (χ0n) is 17.2. The number of halogens is 2. The normalized spacial score (nSPS) is 11.2. The summed E-state index contributed by atoms with van der Waals surface area (Å²) in [5.74, 6) is 0.273. The summed E-state index contributed by atoms with van der Waals surface area (Å²) in [6, 6.07) is 14.5. The van der Waals surface area contributed by atoms with E-state index in [0.29, 0.717) is 5.02 Å². The maximum atomic E-state index is 13.3. The smallest absolute Gasteiger partial charge is 0.332 e. The van der Waals surface area contributed by atoms with Crippen LogP contribution in [0.3, 0.4) is 0 Å². The number of hydrogen-bond donors (Lipinski definition) is 1. The minimum atomic E-state index is -0.521. The molecule has 0 radical (unpaired) electrons. The fraction of sp³-hybridized carbons (Fsp3) is 0.227.